The SMILES string of the molecule is Cc1ccc2c(c1)C(=O)N(CCCC(=O)OCC(=O)N1CCCc3cc([N+](=O)[O-])ccc31)C2=O. The zero-order valence-corrected chi connectivity index (χ0v) is 18.6. The molecule has 0 unspecified atom stereocenters. The molecule has 34 heavy (non-hydrogen) atoms. The lowest BCUT2D eigenvalue weighted by molar-refractivity contribution is -0.384. The van der Waals surface area contributed by atoms with Crippen molar-refractivity contribution in [3.8, 4) is 0 Å². The summed E-state index contributed by atoms with van der Waals surface area (Å²) in [6, 6.07) is 9.41. The smallest absolute Gasteiger partial charge is 0.306 e. The molecule has 2 aromatic carbocycles. The third-order valence-electron chi connectivity index (χ3n) is 5.94. The first kappa shape index (κ1) is 23.1. The molecule has 2 aromatic rings. The van der Waals surface area contributed by atoms with Crippen molar-refractivity contribution in [2.45, 2.75) is 32.6 Å². The van der Waals surface area contributed by atoms with Crippen molar-refractivity contribution in [2.24, 2.45) is 0 Å². The molecule has 0 spiro atoms. The first-order valence-electron chi connectivity index (χ1n) is 11.0. The Balaban J connectivity index is 1.27. The molecule has 3 amide bonds. The van der Waals surface area contributed by atoms with Crippen molar-refractivity contribution >= 4 is 35.1 Å². The normalized spacial score (nSPS) is 14.6. The van der Waals surface area contributed by atoms with Gasteiger partial charge >= 0.3 is 5.97 Å². The fourth-order valence-electron chi connectivity index (χ4n) is 4.24. The van der Waals surface area contributed by atoms with Gasteiger partial charge in [0.25, 0.3) is 23.4 Å². The van der Waals surface area contributed by atoms with E-state index in [2.05, 4.69) is 0 Å². The van der Waals surface area contributed by atoms with Crippen molar-refractivity contribution in [1.29, 1.82) is 0 Å². The number of imide groups is 1. The fraction of sp³-hybridized carbons (Fsp3) is 0.333. The average Bonchev–Trinajstić information content (AvgIpc) is 3.05. The highest BCUT2D eigenvalue weighted by atomic mass is 16.6. The van der Waals surface area contributed by atoms with Gasteiger partial charge < -0.3 is 9.64 Å². The number of nitro groups is 1. The maximum atomic E-state index is 12.6. The predicted molar refractivity (Wildman–Crippen MR) is 121 cm³/mol. The van der Waals surface area contributed by atoms with Crippen molar-refractivity contribution in [2.75, 3.05) is 24.6 Å². The van der Waals surface area contributed by atoms with Gasteiger partial charge in [-0.1, -0.05) is 11.6 Å². The molecule has 0 saturated carbocycles. The first-order chi connectivity index (χ1) is 16.3. The van der Waals surface area contributed by atoms with Crippen LogP contribution >= 0.6 is 0 Å². The Bertz CT molecular complexity index is 1210. The van der Waals surface area contributed by atoms with E-state index in [4.69, 9.17) is 4.74 Å². The Morgan fingerprint density at radius 3 is 2.62 bits per heavy atom. The number of carbonyl (C=O) groups excluding carboxylic acids is 4. The van der Waals surface area contributed by atoms with Gasteiger partial charge in [-0.3, -0.25) is 34.2 Å². The highest BCUT2D eigenvalue weighted by Crippen LogP contribution is 2.30. The van der Waals surface area contributed by atoms with Crippen molar-refractivity contribution in [3.63, 3.8) is 0 Å². The number of rotatable bonds is 7. The number of aryl methyl sites for hydroxylation is 2. The predicted octanol–water partition coefficient (Wildman–Crippen LogP) is 2.80. The molecule has 0 N–H and O–H groups in total. The molecular formula is C24H23N3O7. The van der Waals surface area contributed by atoms with Crippen LogP contribution in [0.5, 0.6) is 0 Å². The fourth-order valence-corrected chi connectivity index (χ4v) is 4.24. The first-order valence-corrected chi connectivity index (χ1v) is 11.0. The average molecular weight is 465 g/mol. The summed E-state index contributed by atoms with van der Waals surface area (Å²) < 4.78 is 5.10. The Kier molecular flexibility index (Phi) is 6.40. The highest BCUT2D eigenvalue weighted by molar-refractivity contribution is 6.21. The summed E-state index contributed by atoms with van der Waals surface area (Å²) in [7, 11) is 0. The molecule has 10 heteroatoms. The van der Waals surface area contributed by atoms with E-state index in [0.717, 1.165) is 10.5 Å². The van der Waals surface area contributed by atoms with Gasteiger partial charge in [0.2, 0.25) is 0 Å². The van der Waals surface area contributed by atoms with E-state index in [0.29, 0.717) is 41.8 Å². The molecule has 2 aliphatic heterocycles. The molecule has 0 aromatic heterocycles. The summed E-state index contributed by atoms with van der Waals surface area (Å²) in [4.78, 5) is 62.8. The summed E-state index contributed by atoms with van der Waals surface area (Å²) in [5, 5.41) is 11.0. The molecule has 0 atom stereocenters. The van der Waals surface area contributed by atoms with Crippen LogP contribution in [-0.2, 0) is 20.7 Å². The Morgan fingerprint density at radius 2 is 1.85 bits per heavy atom. The Hall–Kier alpha value is -4.08. The molecule has 2 aliphatic rings. The summed E-state index contributed by atoms with van der Waals surface area (Å²) in [6.45, 7) is 1.89. The number of amides is 3. The van der Waals surface area contributed by atoms with Crippen molar-refractivity contribution < 1.29 is 28.8 Å². The van der Waals surface area contributed by atoms with Gasteiger partial charge in [0, 0.05) is 37.3 Å². The summed E-state index contributed by atoms with van der Waals surface area (Å²) in [6.07, 6.45) is 1.43. The molecule has 0 fully saturated rings. The largest absolute Gasteiger partial charge is 0.456 e. The molecule has 4 rings (SSSR count). The highest BCUT2D eigenvalue weighted by Gasteiger charge is 2.35. The number of anilines is 1. The number of ether oxygens (including phenoxy) is 1. The molecule has 2 heterocycles. The zero-order valence-electron chi connectivity index (χ0n) is 18.6. The van der Waals surface area contributed by atoms with E-state index in [-0.39, 0.29) is 36.9 Å². The number of nitrogens with zero attached hydrogens (tertiary/aromatic N) is 3. The van der Waals surface area contributed by atoms with E-state index < -0.39 is 23.4 Å². The minimum absolute atomic E-state index is 0.0346. The van der Waals surface area contributed by atoms with Gasteiger partial charge in [-0.05, 0) is 49.9 Å². The molecular weight excluding hydrogens is 442 g/mol. The minimum Gasteiger partial charge on any atom is -0.456 e. The maximum Gasteiger partial charge on any atom is 0.306 e. The van der Waals surface area contributed by atoms with Gasteiger partial charge in [0.05, 0.1) is 16.1 Å². The third kappa shape index (κ3) is 4.52. The summed E-state index contributed by atoms with van der Waals surface area (Å²) >= 11 is 0. The van der Waals surface area contributed by atoms with Gasteiger partial charge in [-0.2, -0.15) is 0 Å². The lowest BCUT2D eigenvalue weighted by atomic mass is 10.0. The second-order valence-corrected chi connectivity index (χ2v) is 8.29. The van der Waals surface area contributed by atoms with Gasteiger partial charge in [-0.15, -0.1) is 0 Å². The van der Waals surface area contributed by atoms with E-state index in [1.807, 2.05) is 6.92 Å². The van der Waals surface area contributed by atoms with Crippen LogP contribution < -0.4 is 4.90 Å². The van der Waals surface area contributed by atoms with Crippen LogP contribution in [0.3, 0.4) is 0 Å². The number of hydrogen-bond acceptors (Lipinski definition) is 7. The molecule has 0 radical (unpaired) electrons. The minimum atomic E-state index is -0.610. The quantitative estimate of drug-likeness (QED) is 0.266. The van der Waals surface area contributed by atoms with Crippen LogP contribution in [0.1, 0.15) is 51.1 Å². The van der Waals surface area contributed by atoms with Crippen LogP contribution in [0.25, 0.3) is 0 Å². The second-order valence-electron chi connectivity index (χ2n) is 8.29. The van der Waals surface area contributed by atoms with E-state index >= 15 is 0 Å². The summed E-state index contributed by atoms with van der Waals surface area (Å²) in [5.41, 5.74) is 2.86. The van der Waals surface area contributed by atoms with Crippen LogP contribution in [0.4, 0.5) is 11.4 Å². The lowest BCUT2D eigenvalue weighted by Crippen LogP contribution is -2.38. The van der Waals surface area contributed by atoms with Crippen molar-refractivity contribution in [3.05, 3.63) is 68.8 Å². The summed E-state index contributed by atoms with van der Waals surface area (Å²) in [5.74, 6) is -1.79. The standard InChI is InChI=1S/C24H23N3O7/c1-15-6-8-18-19(12-15)24(31)26(23(18)30)11-3-5-22(29)34-14-21(28)25-10-2-4-16-13-17(27(32)33)7-9-20(16)25/h6-9,12-13H,2-5,10-11,14H2,1H3. The lowest BCUT2D eigenvalue weighted by Gasteiger charge is -2.29. The molecule has 10 nitrogen and oxygen atoms in total. The van der Waals surface area contributed by atoms with Crippen molar-refractivity contribution in [1.82, 2.24) is 4.90 Å². The molecule has 176 valence electrons. The number of nitro benzene ring substituents is 1. The third-order valence-corrected chi connectivity index (χ3v) is 5.94. The number of benzene rings is 2. The number of fused-ring (bicyclic) bond motifs is 2. The zero-order chi connectivity index (χ0) is 24.4. The maximum absolute atomic E-state index is 12.6. The molecule has 0 aliphatic carbocycles. The molecule has 0 saturated heterocycles. The van der Waals surface area contributed by atoms with Crippen LogP contribution in [0.15, 0.2) is 36.4 Å². The van der Waals surface area contributed by atoms with Gasteiger partial charge in [-0.25, -0.2) is 0 Å². The number of carbonyl (C=O) groups is 4. The van der Waals surface area contributed by atoms with Crippen LogP contribution in [0, 0.1) is 17.0 Å². The topological polar surface area (TPSA) is 127 Å². The number of hydrogen-bond donors (Lipinski definition) is 0. The number of esters is 1. The van der Waals surface area contributed by atoms with Gasteiger partial charge in [0.1, 0.15) is 0 Å². The van der Waals surface area contributed by atoms with E-state index in [1.54, 1.807) is 18.2 Å². The second kappa shape index (κ2) is 9.42. The monoisotopic (exact) mass is 465 g/mol. The Labute approximate surface area is 195 Å². The Morgan fingerprint density at radius 1 is 1.09 bits per heavy atom. The number of non-ortho nitro benzene ring substituents is 1. The van der Waals surface area contributed by atoms with E-state index in [9.17, 15) is 29.3 Å². The molecule has 0 bridgehead atoms. The van der Waals surface area contributed by atoms with Crippen LogP contribution in [-0.4, -0.2) is 53.2 Å². The van der Waals surface area contributed by atoms with Crippen LogP contribution in [0.2, 0.25) is 0 Å². The van der Waals surface area contributed by atoms with Gasteiger partial charge in [0.15, 0.2) is 6.61 Å². The van der Waals surface area contributed by atoms with E-state index in [1.165, 1.54) is 23.1 Å².